The fourth-order valence-electron chi connectivity index (χ4n) is 3.78. The molecule has 0 bridgehead atoms. The molecule has 4 heterocycles. The minimum Gasteiger partial charge on any atom is -0.326 e. The lowest BCUT2D eigenvalue weighted by Crippen LogP contribution is -2.52. The van der Waals surface area contributed by atoms with Gasteiger partial charge in [0.1, 0.15) is 18.1 Å². The third kappa shape index (κ3) is 3.42. The van der Waals surface area contributed by atoms with Crippen molar-refractivity contribution in [2.45, 2.75) is 24.9 Å². The number of hydrogen-bond acceptors (Lipinski definition) is 4. The van der Waals surface area contributed by atoms with Crippen LogP contribution in [0.5, 0.6) is 0 Å². The first-order valence-electron chi connectivity index (χ1n) is 9.62. The van der Waals surface area contributed by atoms with E-state index in [9.17, 15) is 22.8 Å². The first-order chi connectivity index (χ1) is 14.7. The second-order valence-electron chi connectivity index (χ2n) is 7.62. The summed E-state index contributed by atoms with van der Waals surface area (Å²) < 4.78 is 41.6. The maximum Gasteiger partial charge on any atom is 0.433 e. The Morgan fingerprint density at radius 1 is 1.23 bits per heavy atom. The number of nitrogens with zero attached hydrogens (tertiary/aromatic N) is 5. The van der Waals surface area contributed by atoms with Gasteiger partial charge in [0, 0.05) is 19.2 Å². The van der Waals surface area contributed by atoms with Gasteiger partial charge in [0.2, 0.25) is 5.91 Å². The zero-order valence-corrected chi connectivity index (χ0v) is 16.7. The van der Waals surface area contributed by atoms with E-state index in [2.05, 4.69) is 15.3 Å². The lowest BCUT2D eigenvalue weighted by atomic mass is 10.1. The number of aromatic nitrogens is 4. The molecule has 12 heteroatoms. The summed E-state index contributed by atoms with van der Waals surface area (Å²) in [6, 6.07) is 4.25. The fourth-order valence-corrected chi connectivity index (χ4v) is 4.03. The maximum absolute atomic E-state index is 13.6. The van der Waals surface area contributed by atoms with Crippen molar-refractivity contribution in [2.75, 3.05) is 24.5 Å². The Hall–Kier alpha value is -3.08. The quantitative estimate of drug-likeness (QED) is 0.661. The molecule has 3 aromatic heterocycles. The molecule has 8 nitrogen and oxygen atoms in total. The lowest BCUT2D eigenvalue weighted by Gasteiger charge is -2.33. The molecular weight excluding hydrogens is 437 g/mol. The van der Waals surface area contributed by atoms with Crippen LogP contribution in [0.4, 0.5) is 19.0 Å². The SMILES string of the molecule is O=C(c1nn2c(C(F)(F)F)cc(C3CC3)cc2c1Cl)N1CCN(c2ccn[nH]2)C(=O)C1. The molecule has 1 aliphatic carbocycles. The van der Waals surface area contributed by atoms with E-state index in [1.54, 1.807) is 12.1 Å². The summed E-state index contributed by atoms with van der Waals surface area (Å²) in [7, 11) is 0. The van der Waals surface area contributed by atoms with Crippen molar-refractivity contribution < 1.29 is 22.8 Å². The Balaban J connectivity index is 1.48. The third-order valence-corrected chi connectivity index (χ3v) is 5.90. The van der Waals surface area contributed by atoms with Gasteiger partial charge >= 0.3 is 6.18 Å². The Bertz CT molecular complexity index is 1190. The molecule has 2 fully saturated rings. The van der Waals surface area contributed by atoms with E-state index in [4.69, 9.17) is 11.6 Å². The molecule has 1 saturated heterocycles. The van der Waals surface area contributed by atoms with Crippen LogP contribution in [0.3, 0.4) is 0 Å². The van der Waals surface area contributed by atoms with E-state index in [1.807, 2.05) is 0 Å². The van der Waals surface area contributed by atoms with Crippen molar-refractivity contribution in [2.24, 2.45) is 0 Å². The van der Waals surface area contributed by atoms with Crippen LogP contribution in [0.15, 0.2) is 24.4 Å². The van der Waals surface area contributed by atoms with Crippen molar-refractivity contribution in [3.05, 3.63) is 46.4 Å². The van der Waals surface area contributed by atoms with Crippen molar-refractivity contribution >= 4 is 34.7 Å². The molecular formula is C19H16ClF3N6O2. The molecule has 2 amide bonds. The topological polar surface area (TPSA) is 86.6 Å². The van der Waals surface area contributed by atoms with Gasteiger partial charge in [-0.05, 0) is 36.5 Å². The zero-order chi connectivity index (χ0) is 21.9. The first-order valence-corrected chi connectivity index (χ1v) is 10.00. The number of carbonyl (C=O) groups excluding carboxylic acids is 2. The summed E-state index contributed by atoms with van der Waals surface area (Å²) in [6.07, 6.45) is -1.53. The predicted octanol–water partition coefficient (Wildman–Crippen LogP) is 3.10. The highest BCUT2D eigenvalue weighted by Gasteiger charge is 2.38. The van der Waals surface area contributed by atoms with Gasteiger partial charge in [-0.2, -0.15) is 23.4 Å². The van der Waals surface area contributed by atoms with Gasteiger partial charge in [0.15, 0.2) is 5.69 Å². The molecule has 3 aromatic rings. The van der Waals surface area contributed by atoms with Crippen LogP contribution in [0.2, 0.25) is 5.02 Å². The van der Waals surface area contributed by atoms with Gasteiger partial charge in [0.25, 0.3) is 5.91 Å². The van der Waals surface area contributed by atoms with Crippen LogP contribution >= 0.6 is 11.6 Å². The monoisotopic (exact) mass is 452 g/mol. The molecule has 1 N–H and O–H groups in total. The van der Waals surface area contributed by atoms with Gasteiger partial charge in [-0.25, -0.2) is 4.52 Å². The molecule has 0 aromatic carbocycles. The minimum absolute atomic E-state index is 0.0316. The Morgan fingerprint density at radius 3 is 2.61 bits per heavy atom. The highest BCUT2D eigenvalue weighted by Crippen LogP contribution is 2.43. The van der Waals surface area contributed by atoms with E-state index in [-0.39, 0.29) is 47.7 Å². The van der Waals surface area contributed by atoms with Crippen molar-refractivity contribution in [1.29, 1.82) is 0 Å². The molecule has 5 rings (SSSR count). The smallest absolute Gasteiger partial charge is 0.326 e. The fraction of sp³-hybridized carbons (Fsp3) is 0.368. The minimum atomic E-state index is -4.66. The average molecular weight is 453 g/mol. The summed E-state index contributed by atoms with van der Waals surface area (Å²) in [4.78, 5) is 28.2. The van der Waals surface area contributed by atoms with Crippen LogP contribution in [0, 0.1) is 0 Å². The van der Waals surface area contributed by atoms with Crippen LogP contribution in [-0.2, 0) is 11.0 Å². The highest BCUT2D eigenvalue weighted by molar-refractivity contribution is 6.36. The normalized spacial score (nSPS) is 17.6. The maximum atomic E-state index is 13.6. The number of alkyl halides is 3. The molecule has 162 valence electrons. The van der Waals surface area contributed by atoms with Gasteiger partial charge in [-0.3, -0.25) is 19.6 Å². The lowest BCUT2D eigenvalue weighted by molar-refractivity contribution is -0.142. The molecule has 31 heavy (non-hydrogen) atoms. The van der Waals surface area contributed by atoms with Gasteiger partial charge in [-0.15, -0.1) is 0 Å². The number of hydrogen-bond donors (Lipinski definition) is 1. The number of rotatable bonds is 3. The standard InChI is InChI=1S/C19H16ClF3N6O2/c20-16-12-7-11(10-1-2-10)8-13(19(21,22)23)29(12)26-17(16)18(31)27-5-6-28(15(30)9-27)14-3-4-24-25-14/h3-4,7-8,10H,1-2,5-6,9H2,(H,24,25). The summed E-state index contributed by atoms with van der Waals surface area (Å²) in [5.41, 5.74) is -0.718. The zero-order valence-electron chi connectivity index (χ0n) is 16.0. The molecule has 1 saturated carbocycles. The van der Waals surface area contributed by atoms with Crippen LogP contribution in [0.25, 0.3) is 5.52 Å². The van der Waals surface area contributed by atoms with Crippen molar-refractivity contribution in [1.82, 2.24) is 24.7 Å². The number of piperazine rings is 1. The van der Waals surface area contributed by atoms with Crippen LogP contribution in [-0.4, -0.2) is 56.2 Å². The number of aromatic amines is 1. The second-order valence-corrected chi connectivity index (χ2v) is 8.00. The molecule has 0 unspecified atom stereocenters. The number of fused-ring (bicyclic) bond motifs is 1. The van der Waals surface area contributed by atoms with E-state index >= 15 is 0 Å². The molecule has 0 atom stereocenters. The average Bonchev–Trinajstić information content (AvgIpc) is 3.33. The second kappa shape index (κ2) is 6.98. The number of H-pyrrole nitrogens is 1. The Kier molecular flexibility index (Phi) is 4.47. The number of nitrogens with one attached hydrogen (secondary N) is 1. The number of halogens is 4. The van der Waals surface area contributed by atoms with E-state index in [1.165, 1.54) is 16.0 Å². The van der Waals surface area contributed by atoms with E-state index in [0.717, 1.165) is 18.9 Å². The largest absolute Gasteiger partial charge is 0.433 e. The van der Waals surface area contributed by atoms with Crippen molar-refractivity contribution in [3.63, 3.8) is 0 Å². The molecule has 0 spiro atoms. The summed E-state index contributed by atoms with van der Waals surface area (Å²) in [5, 5.41) is 10.2. The summed E-state index contributed by atoms with van der Waals surface area (Å²) in [6.45, 7) is 0.131. The first kappa shape index (κ1) is 19.9. The molecule has 0 radical (unpaired) electrons. The molecule has 2 aliphatic rings. The van der Waals surface area contributed by atoms with Crippen LogP contribution < -0.4 is 4.90 Å². The van der Waals surface area contributed by atoms with Gasteiger partial charge in [0.05, 0.1) is 16.7 Å². The van der Waals surface area contributed by atoms with Crippen molar-refractivity contribution in [3.8, 4) is 0 Å². The molecule has 1 aliphatic heterocycles. The summed E-state index contributed by atoms with van der Waals surface area (Å²) in [5.74, 6) is -0.474. The van der Waals surface area contributed by atoms with E-state index in [0.29, 0.717) is 15.9 Å². The number of pyridine rings is 1. The number of carbonyl (C=O) groups is 2. The Morgan fingerprint density at radius 2 is 2.00 bits per heavy atom. The van der Waals surface area contributed by atoms with Gasteiger partial charge < -0.3 is 4.90 Å². The third-order valence-electron chi connectivity index (χ3n) is 5.52. The van der Waals surface area contributed by atoms with E-state index < -0.39 is 17.8 Å². The Labute approximate surface area is 178 Å². The predicted molar refractivity (Wildman–Crippen MR) is 104 cm³/mol. The summed E-state index contributed by atoms with van der Waals surface area (Å²) >= 11 is 6.33. The highest BCUT2D eigenvalue weighted by atomic mass is 35.5. The van der Waals surface area contributed by atoms with Gasteiger partial charge in [-0.1, -0.05) is 11.6 Å². The number of amides is 2. The van der Waals surface area contributed by atoms with Crippen LogP contribution in [0.1, 0.15) is 40.5 Å². The number of anilines is 1.